The molecule has 2 aliphatic heterocycles. The molecule has 1 saturated heterocycles. The SMILES string of the molecule is O=C1NN(c2ccccc2)C(=O)/C1=C\c1cccn1-c1ccc2c(c1)C(=O)NC2=O. The lowest BCUT2D eigenvalue weighted by atomic mass is 10.1. The number of rotatable bonds is 3. The molecule has 0 bridgehead atoms. The molecule has 2 N–H and O–H groups in total. The Kier molecular flexibility index (Phi) is 3.85. The van der Waals surface area contributed by atoms with Gasteiger partial charge in [0.25, 0.3) is 23.6 Å². The van der Waals surface area contributed by atoms with Gasteiger partial charge in [-0.05, 0) is 48.5 Å². The molecule has 1 aromatic heterocycles. The number of hydrazine groups is 1. The first kappa shape index (κ1) is 17.6. The van der Waals surface area contributed by atoms with Crippen molar-refractivity contribution >= 4 is 35.4 Å². The number of fused-ring (bicyclic) bond motifs is 1. The third-order valence-electron chi connectivity index (χ3n) is 4.98. The maximum atomic E-state index is 12.8. The maximum Gasteiger partial charge on any atom is 0.282 e. The van der Waals surface area contributed by atoms with Crippen LogP contribution in [-0.4, -0.2) is 28.2 Å². The number of benzene rings is 2. The summed E-state index contributed by atoms with van der Waals surface area (Å²) in [6.45, 7) is 0. The Bertz CT molecular complexity index is 1270. The Labute approximate surface area is 170 Å². The zero-order valence-corrected chi connectivity index (χ0v) is 15.5. The first-order valence-electron chi connectivity index (χ1n) is 9.12. The van der Waals surface area contributed by atoms with E-state index in [0.717, 1.165) is 0 Å². The molecule has 0 unspecified atom stereocenters. The van der Waals surface area contributed by atoms with Crippen LogP contribution in [0.4, 0.5) is 5.69 Å². The summed E-state index contributed by atoms with van der Waals surface area (Å²) >= 11 is 0. The first-order valence-corrected chi connectivity index (χ1v) is 9.12. The second-order valence-corrected chi connectivity index (χ2v) is 6.79. The summed E-state index contributed by atoms with van der Waals surface area (Å²) in [7, 11) is 0. The lowest BCUT2D eigenvalue weighted by Gasteiger charge is -2.13. The number of carbonyl (C=O) groups excluding carboxylic acids is 4. The van der Waals surface area contributed by atoms with Crippen molar-refractivity contribution in [3.05, 3.63) is 89.3 Å². The second kappa shape index (κ2) is 6.56. The fourth-order valence-electron chi connectivity index (χ4n) is 3.52. The van der Waals surface area contributed by atoms with Crippen molar-refractivity contribution in [3.8, 4) is 5.69 Å². The smallest absolute Gasteiger partial charge is 0.282 e. The Morgan fingerprint density at radius 1 is 0.733 bits per heavy atom. The van der Waals surface area contributed by atoms with Crippen molar-refractivity contribution in [1.82, 2.24) is 15.3 Å². The number of nitrogens with one attached hydrogen (secondary N) is 2. The summed E-state index contributed by atoms with van der Waals surface area (Å²) in [4.78, 5) is 48.9. The molecule has 2 aliphatic rings. The molecule has 0 atom stereocenters. The predicted molar refractivity (Wildman–Crippen MR) is 108 cm³/mol. The van der Waals surface area contributed by atoms with E-state index in [-0.39, 0.29) is 11.1 Å². The highest BCUT2D eigenvalue weighted by Gasteiger charge is 2.34. The molecule has 3 heterocycles. The Hall–Kier alpha value is -4.46. The first-order chi connectivity index (χ1) is 14.5. The summed E-state index contributed by atoms with van der Waals surface area (Å²) in [6, 6.07) is 17.2. The number of aromatic nitrogens is 1. The number of nitrogens with zero attached hydrogens (tertiary/aromatic N) is 2. The Morgan fingerprint density at radius 3 is 2.30 bits per heavy atom. The van der Waals surface area contributed by atoms with Gasteiger partial charge in [0, 0.05) is 17.6 Å². The molecular formula is C22H14N4O4. The Morgan fingerprint density at radius 2 is 1.50 bits per heavy atom. The van der Waals surface area contributed by atoms with Gasteiger partial charge in [0.1, 0.15) is 5.57 Å². The van der Waals surface area contributed by atoms with E-state index >= 15 is 0 Å². The van der Waals surface area contributed by atoms with E-state index in [1.54, 1.807) is 65.4 Å². The molecule has 8 nitrogen and oxygen atoms in total. The number of amides is 4. The lowest BCUT2D eigenvalue weighted by molar-refractivity contribution is -0.117. The van der Waals surface area contributed by atoms with Crippen molar-refractivity contribution in [2.24, 2.45) is 0 Å². The van der Waals surface area contributed by atoms with Crippen LogP contribution in [0.5, 0.6) is 0 Å². The lowest BCUT2D eigenvalue weighted by Crippen LogP contribution is -2.35. The zero-order chi connectivity index (χ0) is 20.8. The normalized spacial score (nSPS) is 16.8. The van der Waals surface area contributed by atoms with Crippen LogP contribution in [0.25, 0.3) is 11.8 Å². The summed E-state index contributed by atoms with van der Waals surface area (Å²) < 4.78 is 1.73. The van der Waals surface area contributed by atoms with Crippen molar-refractivity contribution in [2.45, 2.75) is 0 Å². The number of anilines is 1. The van der Waals surface area contributed by atoms with E-state index in [0.29, 0.717) is 22.6 Å². The van der Waals surface area contributed by atoms with Gasteiger partial charge in [-0.1, -0.05) is 18.2 Å². The van der Waals surface area contributed by atoms with E-state index in [4.69, 9.17) is 0 Å². The highest BCUT2D eigenvalue weighted by atomic mass is 16.2. The topological polar surface area (TPSA) is 101 Å². The number of imide groups is 1. The minimum absolute atomic E-state index is 0.00659. The molecule has 8 heteroatoms. The van der Waals surface area contributed by atoms with Crippen LogP contribution in [-0.2, 0) is 9.59 Å². The molecule has 146 valence electrons. The van der Waals surface area contributed by atoms with Crippen LogP contribution in [0.2, 0.25) is 0 Å². The van der Waals surface area contributed by atoms with E-state index in [2.05, 4.69) is 10.7 Å². The minimum Gasteiger partial charge on any atom is -0.317 e. The van der Waals surface area contributed by atoms with Crippen LogP contribution in [0.3, 0.4) is 0 Å². The molecule has 0 aliphatic carbocycles. The number of para-hydroxylation sites is 1. The number of hydrogen-bond acceptors (Lipinski definition) is 4. The summed E-state index contributed by atoms with van der Waals surface area (Å²) in [5, 5.41) is 3.46. The van der Waals surface area contributed by atoms with Crippen LogP contribution < -0.4 is 15.8 Å². The molecule has 30 heavy (non-hydrogen) atoms. The summed E-state index contributed by atoms with van der Waals surface area (Å²) in [5.74, 6) is -1.84. The van der Waals surface area contributed by atoms with Crippen LogP contribution in [0.1, 0.15) is 26.4 Å². The summed E-state index contributed by atoms with van der Waals surface area (Å²) in [5.41, 5.74) is 4.92. The predicted octanol–water partition coefficient (Wildman–Crippen LogP) is 1.82. The molecule has 0 saturated carbocycles. The van der Waals surface area contributed by atoms with Crippen molar-refractivity contribution in [2.75, 3.05) is 5.01 Å². The van der Waals surface area contributed by atoms with E-state index < -0.39 is 23.6 Å². The third kappa shape index (κ3) is 2.70. The zero-order valence-electron chi connectivity index (χ0n) is 15.5. The van der Waals surface area contributed by atoms with Gasteiger partial charge < -0.3 is 4.57 Å². The molecule has 5 rings (SSSR count). The molecule has 3 aromatic rings. The fraction of sp³-hybridized carbons (Fsp3) is 0. The summed E-state index contributed by atoms with van der Waals surface area (Å²) in [6.07, 6.45) is 3.24. The van der Waals surface area contributed by atoms with Gasteiger partial charge in [0.15, 0.2) is 0 Å². The van der Waals surface area contributed by atoms with E-state index in [9.17, 15) is 19.2 Å². The highest BCUT2D eigenvalue weighted by molar-refractivity contribution is 6.31. The second-order valence-electron chi connectivity index (χ2n) is 6.79. The van der Waals surface area contributed by atoms with Gasteiger partial charge in [-0.3, -0.25) is 29.9 Å². The van der Waals surface area contributed by atoms with Crippen molar-refractivity contribution in [1.29, 1.82) is 0 Å². The average Bonchev–Trinajstić information content (AvgIpc) is 3.41. The van der Waals surface area contributed by atoms with E-state index in [1.165, 1.54) is 11.1 Å². The molecule has 1 fully saturated rings. The molecule has 0 radical (unpaired) electrons. The van der Waals surface area contributed by atoms with Gasteiger partial charge in [-0.15, -0.1) is 0 Å². The van der Waals surface area contributed by atoms with Crippen LogP contribution >= 0.6 is 0 Å². The standard InChI is InChI=1S/C22H14N4O4/c27-19-16-9-8-15(11-17(16)20(28)23-19)25-10-4-7-14(25)12-18-21(29)24-26(22(18)30)13-5-2-1-3-6-13/h1-12H,(H,24,29)(H,23,27,28)/b18-12-. The van der Waals surface area contributed by atoms with Crippen LogP contribution in [0, 0.1) is 0 Å². The van der Waals surface area contributed by atoms with Gasteiger partial charge in [-0.25, -0.2) is 5.01 Å². The van der Waals surface area contributed by atoms with Crippen molar-refractivity contribution in [3.63, 3.8) is 0 Å². The third-order valence-corrected chi connectivity index (χ3v) is 4.98. The monoisotopic (exact) mass is 398 g/mol. The van der Waals surface area contributed by atoms with Crippen molar-refractivity contribution < 1.29 is 19.2 Å². The average molecular weight is 398 g/mol. The van der Waals surface area contributed by atoms with Gasteiger partial charge in [0.05, 0.1) is 16.8 Å². The van der Waals surface area contributed by atoms with E-state index in [1.807, 2.05) is 6.07 Å². The molecular weight excluding hydrogens is 384 g/mol. The number of hydrogen-bond donors (Lipinski definition) is 2. The largest absolute Gasteiger partial charge is 0.317 e. The molecule has 0 spiro atoms. The highest BCUT2D eigenvalue weighted by Crippen LogP contribution is 2.24. The minimum atomic E-state index is -0.504. The molecule has 4 amide bonds. The van der Waals surface area contributed by atoms with Gasteiger partial charge >= 0.3 is 0 Å². The maximum absolute atomic E-state index is 12.8. The van der Waals surface area contributed by atoms with Gasteiger partial charge in [-0.2, -0.15) is 0 Å². The Balaban J connectivity index is 1.52. The fourth-order valence-corrected chi connectivity index (χ4v) is 3.52. The van der Waals surface area contributed by atoms with Crippen LogP contribution in [0.15, 0.2) is 72.4 Å². The van der Waals surface area contributed by atoms with Gasteiger partial charge in [0.2, 0.25) is 0 Å². The quantitative estimate of drug-likeness (QED) is 0.399. The molecule has 2 aromatic carbocycles. The number of carbonyl (C=O) groups is 4.